The summed E-state index contributed by atoms with van der Waals surface area (Å²) in [5.41, 5.74) is 0. The van der Waals surface area contributed by atoms with Crippen LogP contribution in [0, 0.1) is 11.8 Å². The fourth-order valence-corrected chi connectivity index (χ4v) is 5.71. The topological polar surface area (TPSA) is 35.5 Å². The highest BCUT2D eigenvalue weighted by Crippen LogP contribution is 2.76. The first-order valence-corrected chi connectivity index (χ1v) is 8.05. The minimum atomic E-state index is -2.77. The van der Waals surface area contributed by atoms with Crippen LogP contribution >= 0.6 is 69.6 Å². The highest BCUT2D eigenvalue weighted by molar-refractivity contribution is 7.75. The first-order valence-electron chi connectivity index (χ1n) is 6.78. The second-order valence-corrected chi connectivity index (χ2v) is 8.20. The highest BCUT2D eigenvalue weighted by Gasteiger charge is 2.82. The lowest BCUT2D eigenvalue weighted by Gasteiger charge is -2.33. The Labute approximate surface area is 147 Å². The molecular formula is C9H6Cl6O3S. The molecule has 3 rings (SSSR count). The van der Waals surface area contributed by atoms with E-state index in [4.69, 9.17) is 75.1 Å². The van der Waals surface area contributed by atoms with E-state index < -0.39 is 50.4 Å². The van der Waals surface area contributed by atoms with Gasteiger partial charge in [0.2, 0.25) is 0 Å². The molecule has 2 aliphatic carbocycles. The van der Waals surface area contributed by atoms with Crippen molar-refractivity contribution in [3.8, 4) is 0 Å². The van der Waals surface area contributed by atoms with Gasteiger partial charge in [-0.3, -0.25) is 8.37 Å². The number of alkyl halides is 4. The van der Waals surface area contributed by atoms with Crippen molar-refractivity contribution < 1.29 is 18.1 Å². The summed E-state index contributed by atoms with van der Waals surface area (Å²) in [4.78, 5) is -4.23. The molecule has 0 amide bonds. The standard InChI is InChI=1S/C9H6Cl6O3S/c10-5-6(11)8(13)4-2-18-19(16)17-1-3(4)7(5,12)9(8,14)15/h3-4H,1-2H2/i1D2,2D2. The molecule has 2 bridgehead atoms. The number of fused-ring (bicyclic) bond motifs is 5. The van der Waals surface area contributed by atoms with Crippen LogP contribution in [0.25, 0.3) is 0 Å². The van der Waals surface area contributed by atoms with Gasteiger partial charge < -0.3 is 0 Å². The Balaban J connectivity index is 2.38. The van der Waals surface area contributed by atoms with E-state index in [2.05, 4.69) is 8.37 Å². The Kier molecular flexibility index (Phi) is 2.65. The lowest BCUT2D eigenvalue weighted by atomic mass is 9.83. The average molecular weight is 411 g/mol. The van der Waals surface area contributed by atoms with Gasteiger partial charge in [0.25, 0.3) is 0 Å². The minimum absolute atomic E-state index is 0.321. The number of allylic oxidation sites excluding steroid dienone is 2. The number of hydrogen-bond donors (Lipinski definition) is 0. The monoisotopic (exact) mass is 408 g/mol. The summed E-state index contributed by atoms with van der Waals surface area (Å²) in [7, 11) is 0. The normalized spacial score (nSPS) is 60.6. The van der Waals surface area contributed by atoms with Crippen LogP contribution in [0.4, 0.5) is 0 Å². The van der Waals surface area contributed by atoms with E-state index in [-0.39, 0.29) is 10.1 Å². The smallest absolute Gasteiger partial charge is 0.268 e. The molecule has 1 saturated heterocycles. The zero-order valence-electron chi connectivity index (χ0n) is 12.6. The van der Waals surface area contributed by atoms with Gasteiger partial charge in [-0.15, -0.1) is 23.2 Å². The molecule has 3 aliphatic rings. The maximum Gasteiger partial charge on any atom is 0.304 e. The molecule has 1 aliphatic heterocycles. The number of rotatable bonds is 0. The van der Waals surface area contributed by atoms with E-state index in [1.807, 2.05) is 0 Å². The molecule has 1 saturated carbocycles. The van der Waals surface area contributed by atoms with Gasteiger partial charge in [-0.2, -0.15) is 4.21 Å². The lowest BCUT2D eigenvalue weighted by molar-refractivity contribution is 0.207. The van der Waals surface area contributed by atoms with Crippen molar-refractivity contribution >= 4 is 81.0 Å². The molecule has 0 aromatic heterocycles. The van der Waals surface area contributed by atoms with Crippen molar-refractivity contribution in [2.45, 2.75) is 14.1 Å². The predicted molar refractivity (Wildman–Crippen MR) is 77.4 cm³/mol. The Morgan fingerprint density at radius 2 is 1.42 bits per heavy atom. The predicted octanol–water partition coefficient (Wildman–Crippen LogP) is 3.69. The summed E-state index contributed by atoms with van der Waals surface area (Å²) in [6.07, 6.45) is 0. The Morgan fingerprint density at radius 1 is 1.05 bits per heavy atom. The first-order chi connectivity index (χ1) is 10.2. The number of halogens is 6. The van der Waals surface area contributed by atoms with Gasteiger partial charge in [0, 0.05) is 11.8 Å². The van der Waals surface area contributed by atoms with E-state index in [1.54, 1.807) is 0 Å². The molecule has 2 fully saturated rings. The third-order valence-electron chi connectivity index (χ3n) is 3.42. The Morgan fingerprint density at radius 3 is 1.79 bits per heavy atom. The van der Waals surface area contributed by atoms with Crippen LogP contribution in [0.2, 0.25) is 0 Å². The van der Waals surface area contributed by atoms with E-state index >= 15 is 0 Å². The second kappa shape index (κ2) is 4.53. The van der Waals surface area contributed by atoms with E-state index in [9.17, 15) is 4.21 Å². The van der Waals surface area contributed by atoms with Crippen LogP contribution in [0.3, 0.4) is 0 Å². The fourth-order valence-electron chi connectivity index (χ4n) is 2.48. The summed E-state index contributed by atoms with van der Waals surface area (Å²) in [6, 6.07) is 0. The Bertz CT molecular complexity index is 609. The second-order valence-electron chi connectivity index (χ2n) is 4.19. The van der Waals surface area contributed by atoms with E-state index in [1.165, 1.54) is 0 Å². The van der Waals surface area contributed by atoms with Crippen LogP contribution in [0.1, 0.15) is 5.48 Å². The fraction of sp³-hybridized carbons (Fsp3) is 0.778. The highest BCUT2D eigenvalue weighted by atomic mass is 35.5. The molecule has 3 nitrogen and oxygen atoms in total. The third-order valence-corrected chi connectivity index (χ3v) is 8.15. The average Bonchev–Trinajstić information content (AvgIpc) is 2.52. The SMILES string of the molecule is [2H]C1([2H])OS(=O)OC([2H])([2H])C2C1C1(Cl)C(Cl)=C(Cl)C2(Cl)C1(Cl)Cl. The quantitative estimate of drug-likeness (QED) is 0.571. The van der Waals surface area contributed by atoms with Gasteiger partial charge in [0.1, 0.15) is 9.75 Å². The molecule has 0 aromatic rings. The molecule has 0 spiro atoms. The van der Waals surface area contributed by atoms with Crippen LogP contribution in [0.5, 0.6) is 0 Å². The van der Waals surface area contributed by atoms with Crippen LogP contribution in [-0.2, 0) is 19.7 Å². The molecule has 4 unspecified atom stereocenters. The van der Waals surface area contributed by atoms with Gasteiger partial charge >= 0.3 is 11.4 Å². The van der Waals surface area contributed by atoms with Crippen molar-refractivity contribution in [3.05, 3.63) is 10.1 Å². The largest absolute Gasteiger partial charge is 0.304 e. The number of hydrogen-bond acceptors (Lipinski definition) is 3. The molecule has 0 aromatic carbocycles. The molecule has 4 atom stereocenters. The van der Waals surface area contributed by atoms with Crippen molar-refractivity contribution in [1.29, 1.82) is 0 Å². The maximum atomic E-state index is 11.7. The summed E-state index contributed by atoms with van der Waals surface area (Å²) >= 11 is 35.0. The van der Waals surface area contributed by atoms with Gasteiger partial charge in [-0.1, -0.05) is 46.4 Å². The maximum absolute atomic E-state index is 11.7. The molecular weight excluding hydrogens is 401 g/mol. The zero-order chi connectivity index (χ0) is 17.8. The molecule has 108 valence electrons. The van der Waals surface area contributed by atoms with Gasteiger partial charge in [0.05, 0.1) is 28.7 Å². The van der Waals surface area contributed by atoms with Crippen molar-refractivity contribution in [2.24, 2.45) is 11.8 Å². The Hall–Kier alpha value is 1.55. The summed E-state index contributed by atoms with van der Waals surface area (Å²) in [5.74, 6) is -3.28. The molecule has 1 heterocycles. The van der Waals surface area contributed by atoms with E-state index in [0.717, 1.165) is 0 Å². The van der Waals surface area contributed by atoms with Gasteiger partial charge in [-0.25, -0.2) is 0 Å². The van der Waals surface area contributed by atoms with Crippen LogP contribution < -0.4 is 0 Å². The lowest BCUT2D eigenvalue weighted by Crippen LogP contribution is -2.45. The summed E-state index contributed by atoms with van der Waals surface area (Å²) < 4.78 is 50.9. The van der Waals surface area contributed by atoms with Gasteiger partial charge in [-0.05, 0) is 0 Å². The molecule has 19 heavy (non-hydrogen) atoms. The molecule has 0 N–H and O–H groups in total. The van der Waals surface area contributed by atoms with Gasteiger partial charge in [0.15, 0.2) is 4.33 Å². The first kappa shape index (κ1) is 11.1. The van der Waals surface area contributed by atoms with Crippen LogP contribution in [0.15, 0.2) is 10.1 Å². The minimum Gasteiger partial charge on any atom is -0.268 e. The summed E-state index contributed by atoms with van der Waals surface area (Å²) in [5, 5.41) is -0.643. The van der Waals surface area contributed by atoms with Crippen LogP contribution in [-0.4, -0.2) is 31.4 Å². The summed E-state index contributed by atoms with van der Waals surface area (Å²) in [6.45, 7) is -5.55. The molecule has 10 heteroatoms. The molecule has 0 radical (unpaired) electrons. The van der Waals surface area contributed by atoms with Crippen molar-refractivity contribution in [2.75, 3.05) is 13.1 Å². The van der Waals surface area contributed by atoms with Crippen molar-refractivity contribution in [3.63, 3.8) is 0 Å². The van der Waals surface area contributed by atoms with E-state index in [0.29, 0.717) is 0 Å². The van der Waals surface area contributed by atoms with Crippen molar-refractivity contribution in [1.82, 2.24) is 0 Å². The zero-order valence-corrected chi connectivity index (χ0v) is 13.9. The third kappa shape index (κ3) is 1.59.